The van der Waals surface area contributed by atoms with E-state index in [-0.39, 0.29) is 6.04 Å². The summed E-state index contributed by atoms with van der Waals surface area (Å²) in [6.45, 7) is 2.36. The minimum Gasteiger partial charge on any atom is -0.497 e. The number of hydrogen-bond donors (Lipinski definition) is 1. The highest BCUT2D eigenvalue weighted by Gasteiger charge is 2.09. The molecule has 2 aromatic carbocycles. The van der Waals surface area contributed by atoms with Crippen LogP contribution in [0.2, 0.25) is 5.02 Å². The largest absolute Gasteiger partial charge is 0.497 e. The third kappa shape index (κ3) is 3.65. The van der Waals surface area contributed by atoms with Crippen LogP contribution in [0.3, 0.4) is 0 Å². The number of methoxy groups -OCH3 is 1. The second kappa shape index (κ2) is 6.64. The van der Waals surface area contributed by atoms with Crippen molar-refractivity contribution in [3.63, 3.8) is 0 Å². The molecule has 0 spiro atoms. The summed E-state index contributed by atoms with van der Waals surface area (Å²) < 4.78 is 11.0. The van der Waals surface area contributed by atoms with Crippen molar-refractivity contribution in [1.29, 1.82) is 0 Å². The second-order valence-corrected chi connectivity index (χ2v) is 5.05. The van der Waals surface area contributed by atoms with Crippen LogP contribution in [0.1, 0.15) is 24.1 Å². The van der Waals surface area contributed by atoms with Crippen molar-refractivity contribution in [3.05, 3.63) is 58.6 Å². The molecule has 0 aliphatic rings. The first kappa shape index (κ1) is 14.7. The van der Waals surface area contributed by atoms with Crippen molar-refractivity contribution in [2.45, 2.75) is 19.6 Å². The number of nitrogens with two attached hydrogens (primary N) is 1. The van der Waals surface area contributed by atoms with Crippen LogP contribution in [0.15, 0.2) is 42.5 Å². The number of ether oxygens (including phenoxy) is 2. The van der Waals surface area contributed by atoms with E-state index in [2.05, 4.69) is 0 Å². The van der Waals surface area contributed by atoms with E-state index in [1.807, 2.05) is 43.3 Å². The zero-order valence-electron chi connectivity index (χ0n) is 11.6. The first-order valence-corrected chi connectivity index (χ1v) is 6.78. The van der Waals surface area contributed by atoms with Gasteiger partial charge in [-0.15, -0.1) is 0 Å². The molecule has 0 aliphatic heterocycles. The average Bonchev–Trinajstić information content (AvgIpc) is 2.46. The summed E-state index contributed by atoms with van der Waals surface area (Å²) in [4.78, 5) is 0. The molecule has 0 bridgehead atoms. The van der Waals surface area contributed by atoms with Crippen LogP contribution in [-0.4, -0.2) is 7.11 Å². The van der Waals surface area contributed by atoms with E-state index in [1.54, 1.807) is 13.2 Å². The Morgan fingerprint density at radius 2 is 2.00 bits per heavy atom. The zero-order valence-corrected chi connectivity index (χ0v) is 12.4. The van der Waals surface area contributed by atoms with Gasteiger partial charge in [-0.3, -0.25) is 0 Å². The lowest BCUT2D eigenvalue weighted by Crippen LogP contribution is -2.08. The van der Waals surface area contributed by atoms with Crippen LogP contribution in [0.5, 0.6) is 11.5 Å². The maximum absolute atomic E-state index is 5.99. The minimum absolute atomic E-state index is 0.131. The van der Waals surface area contributed by atoms with Crippen LogP contribution in [0, 0.1) is 0 Å². The van der Waals surface area contributed by atoms with Gasteiger partial charge in [-0.05, 0) is 42.8 Å². The quantitative estimate of drug-likeness (QED) is 0.907. The molecule has 0 aliphatic carbocycles. The summed E-state index contributed by atoms with van der Waals surface area (Å²) in [5.41, 5.74) is 7.88. The molecule has 20 heavy (non-hydrogen) atoms. The molecule has 1 atom stereocenters. The maximum Gasteiger partial charge on any atom is 0.124 e. The first-order chi connectivity index (χ1) is 9.60. The van der Waals surface area contributed by atoms with Crippen LogP contribution >= 0.6 is 11.6 Å². The molecule has 4 heteroatoms. The van der Waals surface area contributed by atoms with Crippen molar-refractivity contribution in [1.82, 2.24) is 0 Å². The highest BCUT2D eigenvalue weighted by Crippen LogP contribution is 2.28. The molecule has 0 fully saturated rings. The first-order valence-electron chi connectivity index (χ1n) is 6.41. The number of hydrogen-bond acceptors (Lipinski definition) is 3. The summed E-state index contributed by atoms with van der Waals surface area (Å²) in [5, 5.41) is 0.658. The molecule has 0 saturated heterocycles. The van der Waals surface area contributed by atoms with Gasteiger partial charge in [0, 0.05) is 16.6 Å². The van der Waals surface area contributed by atoms with Gasteiger partial charge in [-0.1, -0.05) is 23.7 Å². The summed E-state index contributed by atoms with van der Waals surface area (Å²) in [6.07, 6.45) is 0. The molecule has 0 radical (unpaired) electrons. The molecule has 2 N–H and O–H groups in total. The molecule has 0 aromatic heterocycles. The molecule has 3 nitrogen and oxygen atoms in total. The van der Waals surface area contributed by atoms with Gasteiger partial charge in [0.15, 0.2) is 0 Å². The Morgan fingerprint density at radius 3 is 2.70 bits per heavy atom. The van der Waals surface area contributed by atoms with Crippen LogP contribution in [-0.2, 0) is 6.61 Å². The summed E-state index contributed by atoms with van der Waals surface area (Å²) >= 11 is 5.99. The van der Waals surface area contributed by atoms with Gasteiger partial charge in [0.1, 0.15) is 18.1 Å². The Morgan fingerprint density at radius 1 is 1.20 bits per heavy atom. The van der Waals surface area contributed by atoms with Gasteiger partial charge in [-0.25, -0.2) is 0 Å². The molecular formula is C16H18ClNO2. The predicted molar refractivity (Wildman–Crippen MR) is 81.4 cm³/mol. The minimum atomic E-state index is -0.131. The lowest BCUT2D eigenvalue weighted by molar-refractivity contribution is 0.300. The third-order valence-corrected chi connectivity index (χ3v) is 3.23. The van der Waals surface area contributed by atoms with Crippen molar-refractivity contribution >= 4 is 11.6 Å². The fraction of sp³-hybridized carbons (Fsp3) is 0.250. The van der Waals surface area contributed by atoms with Crippen molar-refractivity contribution in [2.75, 3.05) is 7.11 Å². The van der Waals surface area contributed by atoms with Gasteiger partial charge in [0.25, 0.3) is 0 Å². The Labute approximate surface area is 124 Å². The van der Waals surface area contributed by atoms with E-state index in [1.165, 1.54) is 0 Å². The van der Waals surface area contributed by atoms with E-state index >= 15 is 0 Å². The monoisotopic (exact) mass is 291 g/mol. The standard InChI is InChI=1S/C16H18ClNO2/c1-11(18)15-9-13(17)6-7-16(15)20-10-12-4-3-5-14(8-12)19-2/h3-9,11H,10,18H2,1-2H3. The van der Waals surface area contributed by atoms with E-state index in [4.69, 9.17) is 26.8 Å². The lowest BCUT2D eigenvalue weighted by Gasteiger charge is -2.14. The van der Waals surface area contributed by atoms with Gasteiger partial charge < -0.3 is 15.2 Å². The molecule has 2 rings (SSSR count). The highest BCUT2D eigenvalue weighted by atomic mass is 35.5. The van der Waals surface area contributed by atoms with Crippen molar-refractivity contribution in [2.24, 2.45) is 5.73 Å². The Bertz CT molecular complexity index is 584. The van der Waals surface area contributed by atoms with Crippen LogP contribution in [0.4, 0.5) is 0 Å². The Kier molecular flexibility index (Phi) is 4.88. The number of rotatable bonds is 5. The highest BCUT2D eigenvalue weighted by molar-refractivity contribution is 6.30. The molecule has 2 aromatic rings. The van der Waals surface area contributed by atoms with Gasteiger partial charge >= 0.3 is 0 Å². The molecule has 0 amide bonds. The predicted octanol–water partition coefficient (Wildman–Crippen LogP) is 3.95. The SMILES string of the molecule is COc1cccc(COc2ccc(Cl)cc2C(C)N)c1. The van der Waals surface area contributed by atoms with E-state index in [0.717, 1.165) is 22.6 Å². The second-order valence-electron chi connectivity index (χ2n) is 4.61. The van der Waals surface area contributed by atoms with Gasteiger partial charge in [-0.2, -0.15) is 0 Å². The molecular weight excluding hydrogens is 274 g/mol. The van der Waals surface area contributed by atoms with E-state index in [9.17, 15) is 0 Å². The fourth-order valence-corrected chi connectivity index (χ4v) is 2.11. The number of halogens is 1. The molecule has 1 unspecified atom stereocenters. The summed E-state index contributed by atoms with van der Waals surface area (Å²) in [6, 6.07) is 13.1. The third-order valence-electron chi connectivity index (χ3n) is 2.99. The topological polar surface area (TPSA) is 44.5 Å². The zero-order chi connectivity index (χ0) is 14.5. The van der Waals surface area contributed by atoms with E-state index < -0.39 is 0 Å². The fourth-order valence-electron chi connectivity index (χ4n) is 1.93. The Hall–Kier alpha value is -1.71. The van der Waals surface area contributed by atoms with Gasteiger partial charge in [0.2, 0.25) is 0 Å². The van der Waals surface area contributed by atoms with Crippen molar-refractivity contribution in [3.8, 4) is 11.5 Å². The normalized spacial score (nSPS) is 12.0. The maximum atomic E-state index is 5.99. The number of benzene rings is 2. The average molecular weight is 292 g/mol. The van der Waals surface area contributed by atoms with E-state index in [0.29, 0.717) is 11.6 Å². The summed E-state index contributed by atoms with van der Waals surface area (Å²) in [5.74, 6) is 1.57. The van der Waals surface area contributed by atoms with Crippen LogP contribution in [0.25, 0.3) is 0 Å². The van der Waals surface area contributed by atoms with Crippen LogP contribution < -0.4 is 15.2 Å². The van der Waals surface area contributed by atoms with Gasteiger partial charge in [0.05, 0.1) is 7.11 Å². The lowest BCUT2D eigenvalue weighted by atomic mass is 10.1. The molecule has 0 saturated carbocycles. The molecule has 0 heterocycles. The van der Waals surface area contributed by atoms with Crippen molar-refractivity contribution < 1.29 is 9.47 Å². The smallest absolute Gasteiger partial charge is 0.124 e. The Balaban J connectivity index is 2.14. The molecule has 106 valence electrons. The summed E-state index contributed by atoms with van der Waals surface area (Å²) in [7, 11) is 1.65.